The first-order chi connectivity index (χ1) is 12.4. The fourth-order valence-corrected chi connectivity index (χ4v) is 3.15. The minimum absolute atomic E-state index is 0.125. The van der Waals surface area contributed by atoms with Gasteiger partial charge < -0.3 is 5.32 Å². The van der Waals surface area contributed by atoms with E-state index < -0.39 is 23.8 Å². The molecular formula is C20H19ClN2O3. The van der Waals surface area contributed by atoms with Crippen LogP contribution in [0.15, 0.2) is 48.5 Å². The fraction of sp³-hybridized carbons (Fsp3) is 0.250. The Morgan fingerprint density at radius 1 is 1.00 bits per heavy atom. The number of carbonyl (C=O) groups is 3. The van der Waals surface area contributed by atoms with E-state index in [4.69, 9.17) is 11.6 Å². The molecule has 0 bridgehead atoms. The van der Waals surface area contributed by atoms with Gasteiger partial charge in [-0.25, -0.2) is 0 Å². The summed E-state index contributed by atoms with van der Waals surface area (Å²) < 4.78 is 0. The van der Waals surface area contributed by atoms with Crippen molar-refractivity contribution < 1.29 is 14.4 Å². The second kappa shape index (κ2) is 7.30. The first-order valence-electron chi connectivity index (χ1n) is 8.42. The van der Waals surface area contributed by atoms with Gasteiger partial charge in [-0.2, -0.15) is 0 Å². The van der Waals surface area contributed by atoms with E-state index in [1.165, 1.54) is 0 Å². The topological polar surface area (TPSA) is 66.5 Å². The highest BCUT2D eigenvalue weighted by Crippen LogP contribution is 2.27. The van der Waals surface area contributed by atoms with Gasteiger partial charge in [-0.3, -0.25) is 19.3 Å². The summed E-state index contributed by atoms with van der Waals surface area (Å²) in [4.78, 5) is 39.4. The van der Waals surface area contributed by atoms with Crippen LogP contribution in [0.5, 0.6) is 0 Å². The number of imide groups is 1. The minimum atomic E-state index is -0.877. The second-order valence-electron chi connectivity index (χ2n) is 6.67. The summed E-state index contributed by atoms with van der Waals surface area (Å²) in [7, 11) is 0. The molecule has 0 spiro atoms. The van der Waals surface area contributed by atoms with Crippen molar-refractivity contribution in [2.45, 2.75) is 26.3 Å². The van der Waals surface area contributed by atoms with E-state index in [0.29, 0.717) is 28.3 Å². The number of nitrogens with one attached hydrogen (secondary N) is 1. The number of amides is 3. The van der Waals surface area contributed by atoms with Crippen molar-refractivity contribution in [2.24, 2.45) is 5.92 Å². The number of carbonyl (C=O) groups excluding carboxylic acids is 3. The molecule has 134 valence electrons. The van der Waals surface area contributed by atoms with Crippen molar-refractivity contribution in [1.29, 1.82) is 0 Å². The van der Waals surface area contributed by atoms with Crippen LogP contribution in [-0.4, -0.2) is 28.7 Å². The number of fused-ring (bicyclic) bond motifs is 1. The molecule has 26 heavy (non-hydrogen) atoms. The number of rotatable bonds is 5. The van der Waals surface area contributed by atoms with Gasteiger partial charge in [0.1, 0.15) is 6.04 Å². The number of benzene rings is 2. The number of halogens is 1. The number of hydrogen-bond acceptors (Lipinski definition) is 3. The van der Waals surface area contributed by atoms with Crippen molar-refractivity contribution in [1.82, 2.24) is 4.90 Å². The van der Waals surface area contributed by atoms with Crippen LogP contribution in [0.3, 0.4) is 0 Å². The lowest BCUT2D eigenvalue weighted by molar-refractivity contribution is -0.120. The molecule has 0 fully saturated rings. The normalized spacial score (nSPS) is 14.5. The van der Waals surface area contributed by atoms with Gasteiger partial charge >= 0.3 is 0 Å². The molecule has 3 rings (SSSR count). The van der Waals surface area contributed by atoms with Crippen LogP contribution in [0.4, 0.5) is 5.69 Å². The number of anilines is 1. The van der Waals surface area contributed by atoms with E-state index in [0.717, 1.165) is 4.90 Å². The summed E-state index contributed by atoms with van der Waals surface area (Å²) in [6.45, 7) is 3.89. The summed E-state index contributed by atoms with van der Waals surface area (Å²) in [5, 5.41) is 3.33. The van der Waals surface area contributed by atoms with Crippen LogP contribution in [0, 0.1) is 5.92 Å². The molecule has 1 N–H and O–H groups in total. The average molecular weight is 371 g/mol. The molecule has 1 heterocycles. The lowest BCUT2D eigenvalue weighted by atomic mass is 10.0. The van der Waals surface area contributed by atoms with E-state index in [9.17, 15) is 14.4 Å². The maximum Gasteiger partial charge on any atom is 0.262 e. The molecule has 6 heteroatoms. The summed E-state index contributed by atoms with van der Waals surface area (Å²) in [5.74, 6) is -1.12. The van der Waals surface area contributed by atoms with Crippen LogP contribution >= 0.6 is 11.6 Å². The van der Waals surface area contributed by atoms with Crippen LogP contribution in [0.2, 0.25) is 5.02 Å². The van der Waals surface area contributed by atoms with Crippen molar-refractivity contribution >= 4 is 35.0 Å². The molecule has 1 atom stereocenters. The van der Waals surface area contributed by atoms with Crippen LogP contribution in [-0.2, 0) is 4.79 Å². The van der Waals surface area contributed by atoms with Gasteiger partial charge in [0.2, 0.25) is 5.91 Å². The largest absolute Gasteiger partial charge is 0.324 e. The third-order valence-corrected chi connectivity index (χ3v) is 4.50. The first kappa shape index (κ1) is 18.1. The summed E-state index contributed by atoms with van der Waals surface area (Å²) in [5.41, 5.74) is 1.24. The Labute approximate surface area is 156 Å². The lowest BCUT2D eigenvalue weighted by Crippen LogP contribution is -2.47. The second-order valence-corrected chi connectivity index (χ2v) is 7.10. The zero-order valence-corrected chi connectivity index (χ0v) is 15.3. The molecule has 2 aromatic carbocycles. The molecule has 0 saturated heterocycles. The van der Waals surface area contributed by atoms with E-state index >= 15 is 0 Å². The molecule has 0 radical (unpaired) electrons. The summed E-state index contributed by atoms with van der Waals surface area (Å²) in [6.07, 6.45) is 0.380. The monoisotopic (exact) mass is 370 g/mol. The van der Waals surface area contributed by atoms with Gasteiger partial charge in [0, 0.05) is 10.7 Å². The highest BCUT2D eigenvalue weighted by Gasteiger charge is 2.42. The fourth-order valence-electron chi connectivity index (χ4n) is 3.03. The van der Waals surface area contributed by atoms with Crippen molar-refractivity contribution in [3.63, 3.8) is 0 Å². The SMILES string of the molecule is CC(C)C[C@@H](C(=O)Nc1ccc(Cl)cc1)N1C(=O)c2ccccc2C1=O. The van der Waals surface area contributed by atoms with Crippen LogP contribution < -0.4 is 5.32 Å². The van der Waals surface area contributed by atoms with Gasteiger partial charge in [-0.1, -0.05) is 37.6 Å². The van der Waals surface area contributed by atoms with Crippen molar-refractivity contribution in [2.75, 3.05) is 5.32 Å². The van der Waals surface area contributed by atoms with E-state index in [1.54, 1.807) is 48.5 Å². The Morgan fingerprint density at radius 3 is 2.04 bits per heavy atom. The third-order valence-electron chi connectivity index (χ3n) is 4.25. The highest BCUT2D eigenvalue weighted by atomic mass is 35.5. The van der Waals surface area contributed by atoms with Crippen LogP contribution in [0.25, 0.3) is 0 Å². The molecule has 1 aliphatic heterocycles. The van der Waals surface area contributed by atoms with Gasteiger partial charge in [-0.15, -0.1) is 0 Å². The molecule has 1 aliphatic rings. The summed E-state index contributed by atoms with van der Waals surface area (Å²) >= 11 is 5.86. The van der Waals surface area contributed by atoms with Crippen molar-refractivity contribution in [3.05, 3.63) is 64.7 Å². The number of nitrogens with zero attached hydrogens (tertiary/aromatic N) is 1. The smallest absolute Gasteiger partial charge is 0.262 e. The Bertz CT molecular complexity index is 827. The molecule has 2 aromatic rings. The Hall–Kier alpha value is -2.66. The quantitative estimate of drug-likeness (QED) is 0.809. The average Bonchev–Trinajstić information content (AvgIpc) is 2.86. The molecule has 5 nitrogen and oxygen atoms in total. The minimum Gasteiger partial charge on any atom is -0.324 e. The van der Waals surface area contributed by atoms with Gasteiger partial charge in [0.15, 0.2) is 0 Å². The maximum atomic E-state index is 12.9. The van der Waals surface area contributed by atoms with E-state index in [2.05, 4.69) is 5.32 Å². The standard InChI is InChI=1S/C20H19ClN2O3/c1-12(2)11-17(18(24)22-14-9-7-13(21)8-10-14)23-19(25)15-5-3-4-6-16(15)20(23)26/h3-10,12,17H,11H2,1-2H3,(H,22,24)/t17-/m0/s1. The first-order valence-corrected chi connectivity index (χ1v) is 8.79. The Balaban J connectivity index is 1.89. The van der Waals surface area contributed by atoms with Gasteiger partial charge in [-0.05, 0) is 48.7 Å². The van der Waals surface area contributed by atoms with Crippen LogP contribution in [0.1, 0.15) is 41.0 Å². The highest BCUT2D eigenvalue weighted by molar-refractivity contribution is 6.30. The van der Waals surface area contributed by atoms with Gasteiger partial charge in [0.05, 0.1) is 11.1 Å². The summed E-state index contributed by atoms with van der Waals surface area (Å²) in [6, 6.07) is 12.4. The lowest BCUT2D eigenvalue weighted by Gasteiger charge is -2.26. The maximum absolute atomic E-state index is 12.9. The Morgan fingerprint density at radius 2 is 1.54 bits per heavy atom. The Kier molecular flexibility index (Phi) is 5.09. The predicted octanol–water partition coefficient (Wildman–Crippen LogP) is 3.99. The van der Waals surface area contributed by atoms with E-state index in [1.807, 2.05) is 13.8 Å². The molecule has 0 saturated carbocycles. The third kappa shape index (κ3) is 3.48. The zero-order chi connectivity index (χ0) is 18.8. The van der Waals surface area contributed by atoms with Crippen molar-refractivity contribution in [3.8, 4) is 0 Å². The molecular weight excluding hydrogens is 352 g/mol. The molecule has 3 amide bonds. The number of hydrogen-bond donors (Lipinski definition) is 1. The predicted molar refractivity (Wildman–Crippen MR) is 100 cm³/mol. The van der Waals surface area contributed by atoms with Gasteiger partial charge in [0.25, 0.3) is 11.8 Å². The zero-order valence-electron chi connectivity index (χ0n) is 14.5. The molecule has 0 unspecified atom stereocenters. The molecule has 0 aliphatic carbocycles. The molecule has 0 aromatic heterocycles. The van der Waals surface area contributed by atoms with E-state index in [-0.39, 0.29) is 5.92 Å².